The van der Waals surface area contributed by atoms with E-state index in [1.807, 2.05) is 6.92 Å². The number of nitrogens with one attached hydrogen (secondary N) is 1. The third kappa shape index (κ3) is 6.26. The van der Waals surface area contributed by atoms with E-state index in [1.54, 1.807) is 49.4 Å². The van der Waals surface area contributed by atoms with E-state index in [4.69, 9.17) is 13.9 Å². The van der Waals surface area contributed by atoms with Gasteiger partial charge in [-0.15, -0.1) is 0 Å². The van der Waals surface area contributed by atoms with E-state index in [0.717, 1.165) is 17.9 Å². The number of hydrogen-bond acceptors (Lipinski definition) is 5. The highest BCUT2D eigenvalue weighted by Crippen LogP contribution is 2.30. The Morgan fingerprint density at radius 1 is 1.03 bits per heavy atom. The lowest BCUT2D eigenvalue weighted by atomic mass is 10.1. The minimum atomic E-state index is -4.42. The molecule has 2 heterocycles. The van der Waals surface area contributed by atoms with Gasteiger partial charge in [0.1, 0.15) is 23.9 Å². The minimum absolute atomic E-state index is 0.0744. The first kappa shape index (κ1) is 24.9. The van der Waals surface area contributed by atoms with Gasteiger partial charge in [-0.05, 0) is 67.9 Å². The number of benzene rings is 2. The highest BCUT2D eigenvalue weighted by atomic mass is 19.4. The van der Waals surface area contributed by atoms with Crippen molar-refractivity contribution in [3.63, 3.8) is 0 Å². The molecule has 0 saturated heterocycles. The maximum Gasteiger partial charge on any atom is 0.416 e. The lowest BCUT2D eigenvalue weighted by molar-refractivity contribution is -0.137. The first-order valence-electron chi connectivity index (χ1n) is 11.2. The molecule has 0 aliphatic rings. The lowest BCUT2D eigenvalue weighted by Gasteiger charge is -2.09. The summed E-state index contributed by atoms with van der Waals surface area (Å²) in [5, 5.41) is 6.94. The normalized spacial score (nSPS) is 11.4. The van der Waals surface area contributed by atoms with Crippen LogP contribution in [0.2, 0.25) is 0 Å². The number of aromatic nitrogens is 2. The lowest BCUT2D eigenvalue weighted by Crippen LogP contribution is -2.12. The molecule has 0 spiro atoms. The molecule has 36 heavy (non-hydrogen) atoms. The number of amides is 1. The Bertz CT molecular complexity index is 1330. The van der Waals surface area contributed by atoms with Gasteiger partial charge in [-0.2, -0.15) is 18.3 Å². The van der Waals surface area contributed by atoms with E-state index in [0.29, 0.717) is 29.4 Å². The fraction of sp³-hybridized carbons (Fsp3) is 0.231. The highest BCUT2D eigenvalue weighted by molar-refractivity contribution is 6.01. The van der Waals surface area contributed by atoms with Crippen molar-refractivity contribution in [2.45, 2.75) is 33.2 Å². The van der Waals surface area contributed by atoms with Crippen molar-refractivity contribution in [3.8, 4) is 11.5 Å². The van der Waals surface area contributed by atoms with Crippen LogP contribution in [0.15, 0.2) is 71.1 Å². The fourth-order valence-corrected chi connectivity index (χ4v) is 3.46. The molecule has 0 fully saturated rings. The van der Waals surface area contributed by atoms with Gasteiger partial charge < -0.3 is 19.2 Å². The van der Waals surface area contributed by atoms with Crippen LogP contribution in [0.25, 0.3) is 0 Å². The van der Waals surface area contributed by atoms with Crippen LogP contribution in [-0.4, -0.2) is 22.3 Å². The van der Waals surface area contributed by atoms with Crippen molar-refractivity contribution >= 4 is 11.7 Å². The number of carbonyl (C=O) groups is 1. The molecule has 0 aliphatic heterocycles. The van der Waals surface area contributed by atoms with E-state index < -0.39 is 17.6 Å². The number of rotatable bonds is 9. The maximum atomic E-state index is 13.0. The molecular formula is C26H24F3N3O4. The fourth-order valence-electron chi connectivity index (χ4n) is 3.46. The summed E-state index contributed by atoms with van der Waals surface area (Å²) >= 11 is 0. The van der Waals surface area contributed by atoms with Crippen molar-refractivity contribution in [1.29, 1.82) is 0 Å². The molecule has 0 aliphatic carbocycles. The van der Waals surface area contributed by atoms with Gasteiger partial charge >= 0.3 is 6.18 Å². The molecule has 0 unspecified atom stereocenters. The predicted octanol–water partition coefficient (Wildman–Crippen LogP) is 6.08. The van der Waals surface area contributed by atoms with Gasteiger partial charge in [-0.3, -0.25) is 9.48 Å². The van der Waals surface area contributed by atoms with Gasteiger partial charge in [0.2, 0.25) is 0 Å². The van der Waals surface area contributed by atoms with Gasteiger partial charge in [0.05, 0.1) is 18.7 Å². The summed E-state index contributed by atoms with van der Waals surface area (Å²) in [5.74, 6) is 1.65. The first-order chi connectivity index (χ1) is 17.2. The predicted molar refractivity (Wildman–Crippen MR) is 126 cm³/mol. The number of hydrogen-bond donors (Lipinski definition) is 1. The summed E-state index contributed by atoms with van der Waals surface area (Å²) < 4.78 is 57.1. The van der Waals surface area contributed by atoms with Crippen molar-refractivity contribution in [3.05, 3.63) is 95.1 Å². The topological polar surface area (TPSA) is 78.5 Å². The smallest absolute Gasteiger partial charge is 0.416 e. The summed E-state index contributed by atoms with van der Waals surface area (Å²) in [7, 11) is 0. The Morgan fingerprint density at radius 2 is 1.75 bits per heavy atom. The number of anilines is 1. The van der Waals surface area contributed by atoms with Crippen molar-refractivity contribution < 1.29 is 31.9 Å². The molecule has 10 heteroatoms. The second kappa shape index (κ2) is 10.6. The molecule has 0 radical (unpaired) electrons. The molecule has 1 amide bonds. The summed E-state index contributed by atoms with van der Waals surface area (Å²) in [6.07, 6.45) is -4.42. The quantitative estimate of drug-likeness (QED) is 0.302. The molecule has 2 aromatic heterocycles. The van der Waals surface area contributed by atoms with Gasteiger partial charge in [0.15, 0.2) is 11.6 Å². The minimum Gasteiger partial charge on any atom is -0.494 e. The van der Waals surface area contributed by atoms with Crippen LogP contribution in [0, 0.1) is 6.92 Å². The summed E-state index contributed by atoms with van der Waals surface area (Å²) in [6.45, 7) is 4.49. The van der Waals surface area contributed by atoms with E-state index in [1.165, 1.54) is 16.8 Å². The Kier molecular flexibility index (Phi) is 7.33. The zero-order valence-corrected chi connectivity index (χ0v) is 19.6. The zero-order chi connectivity index (χ0) is 25.7. The molecule has 2 aromatic carbocycles. The van der Waals surface area contributed by atoms with Crippen LogP contribution in [0.3, 0.4) is 0 Å². The standard InChI is InChI=1S/C26H24F3N3O4/c1-3-34-20-7-9-21(10-8-20)35-16-22-11-12-23(36-22)25(33)30-24-13-17(2)32(31-24)15-18-5-4-6-19(14-18)26(27,28)29/h4-14H,3,15-16H2,1-2H3,(H,30,31,33). The number of alkyl halides is 3. The molecular weight excluding hydrogens is 475 g/mol. The number of ether oxygens (including phenoxy) is 2. The SMILES string of the molecule is CCOc1ccc(OCc2ccc(C(=O)Nc3cc(C)n(Cc4cccc(C(F)(F)F)c4)n3)o2)cc1. The van der Waals surface area contributed by atoms with Crippen LogP contribution in [0.1, 0.15) is 40.1 Å². The second-order valence-corrected chi connectivity index (χ2v) is 7.94. The number of carbonyl (C=O) groups excluding carboxylic acids is 1. The maximum absolute atomic E-state index is 13.0. The van der Waals surface area contributed by atoms with Crippen molar-refractivity contribution in [2.75, 3.05) is 11.9 Å². The van der Waals surface area contributed by atoms with E-state index in [-0.39, 0.29) is 24.7 Å². The van der Waals surface area contributed by atoms with Gasteiger partial charge in [0, 0.05) is 11.8 Å². The largest absolute Gasteiger partial charge is 0.494 e. The third-order valence-corrected chi connectivity index (χ3v) is 5.21. The summed E-state index contributed by atoms with van der Waals surface area (Å²) in [6, 6.07) is 17.0. The highest BCUT2D eigenvalue weighted by Gasteiger charge is 2.30. The first-order valence-corrected chi connectivity index (χ1v) is 11.2. The second-order valence-electron chi connectivity index (χ2n) is 7.94. The molecule has 7 nitrogen and oxygen atoms in total. The number of furan rings is 1. The van der Waals surface area contributed by atoms with Gasteiger partial charge in [-0.25, -0.2) is 0 Å². The Hall–Kier alpha value is -4.21. The Labute approximate surface area is 205 Å². The summed E-state index contributed by atoms with van der Waals surface area (Å²) in [5.41, 5.74) is 0.391. The van der Waals surface area contributed by atoms with Crippen LogP contribution in [0.5, 0.6) is 11.5 Å². The van der Waals surface area contributed by atoms with Crippen molar-refractivity contribution in [1.82, 2.24) is 9.78 Å². The van der Waals surface area contributed by atoms with Crippen LogP contribution in [0.4, 0.5) is 19.0 Å². The van der Waals surface area contributed by atoms with Crippen LogP contribution < -0.4 is 14.8 Å². The average Bonchev–Trinajstić information content (AvgIpc) is 3.45. The van der Waals surface area contributed by atoms with Crippen LogP contribution >= 0.6 is 0 Å². The number of halogens is 3. The van der Waals surface area contributed by atoms with E-state index in [2.05, 4.69) is 10.4 Å². The van der Waals surface area contributed by atoms with Gasteiger partial charge in [-0.1, -0.05) is 12.1 Å². The number of aryl methyl sites for hydroxylation is 1. The molecule has 0 saturated carbocycles. The zero-order valence-electron chi connectivity index (χ0n) is 19.6. The monoisotopic (exact) mass is 499 g/mol. The molecule has 188 valence electrons. The molecule has 4 rings (SSSR count). The van der Waals surface area contributed by atoms with Crippen LogP contribution in [-0.2, 0) is 19.3 Å². The Morgan fingerprint density at radius 3 is 2.44 bits per heavy atom. The van der Waals surface area contributed by atoms with E-state index >= 15 is 0 Å². The summed E-state index contributed by atoms with van der Waals surface area (Å²) in [4.78, 5) is 12.6. The van der Waals surface area contributed by atoms with E-state index in [9.17, 15) is 18.0 Å². The molecule has 0 bridgehead atoms. The van der Waals surface area contributed by atoms with Crippen molar-refractivity contribution in [2.24, 2.45) is 0 Å². The third-order valence-electron chi connectivity index (χ3n) is 5.21. The van der Waals surface area contributed by atoms with Gasteiger partial charge in [0.25, 0.3) is 5.91 Å². The molecule has 1 N–H and O–H groups in total. The molecule has 0 atom stereocenters. The average molecular weight is 499 g/mol. The number of nitrogens with zero attached hydrogens (tertiary/aromatic N) is 2. The Balaban J connectivity index is 1.35. The molecule has 4 aromatic rings.